The van der Waals surface area contributed by atoms with Crippen LogP contribution < -0.4 is 10.6 Å². The maximum atomic E-state index is 5.62. The SMILES string of the molecule is CC(C)(C)N1CCN(c2ccc(CN)cc2)CC1. The molecule has 18 heavy (non-hydrogen) atoms. The molecule has 1 aromatic rings. The largest absolute Gasteiger partial charge is 0.369 e. The number of piperazine rings is 1. The average Bonchev–Trinajstić information content (AvgIpc) is 2.38. The molecule has 1 aliphatic rings. The fraction of sp³-hybridized carbons (Fsp3) is 0.600. The number of rotatable bonds is 2. The van der Waals surface area contributed by atoms with E-state index in [2.05, 4.69) is 54.8 Å². The third-order valence-electron chi connectivity index (χ3n) is 3.77. The first kappa shape index (κ1) is 13.4. The van der Waals surface area contributed by atoms with Crippen molar-refractivity contribution >= 4 is 5.69 Å². The minimum Gasteiger partial charge on any atom is -0.369 e. The molecule has 0 aliphatic carbocycles. The Morgan fingerprint density at radius 1 is 1.00 bits per heavy atom. The third-order valence-corrected chi connectivity index (χ3v) is 3.77. The molecule has 0 aromatic heterocycles. The Morgan fingerprint density at radius 2 is 1.56 bits per heavy atom. The van der Waals surface area contributed by atoms with Crippen LogP contribution in [0.5, 0.6) is 0 Å². The first-order chi connectivity index (χ1) is 8.50. The van der Waals surface area contributed by atoms with E-state index in [0.717, 1.165) is 26.2 Å². The molecule has 0 spiro atoms. The molecule has 1 heterocycles. The van der Waals surface area contributed by atoms with Crippen LogP contribution in [-0.4, -0.2) is 36.6 Å². The zero-order valence-corrected chi connectivity index (χ0v) is 11.8. The summed E-state index contributed by atoms with van der Waals surface area (Å²) in [6.45, 7) is 12.0. The molecular formula is C15H25N3. The van der Waals surface area contributed by atoms with Crippen LogP contribution in [0, 0.1) is 0 Å². The molecule has 2 rings (SSSR count). The molecule has 3 nitrogen and oxygen atoms in total. The second-order valence-corrected chi connectivity index (χ2v) is 6.02. The van der Waals surface area contributed by atoms with Gasteiger partial charge in [-0.05, 0) is 38.5 Å². The molecular weight excluding hydrogens is 222 g/mol. The van der Waals surface area contributed by atoms with E-state index in [-0.39, 0.29) is 5.54 Å². The van der Waals surface area contributed by atoms with Crippen molar-refractivity contribution in [1.29, 1.82) is 0 Å². The van der Waals surface area contributed by atoms with Gasteiger partial charge in [0.2, 0.25) is 0 Å². The van der Waals surface area contributed by atoms with Gasteiger partial charge in [0.05, 0.1) is 0 Å². The van der Waals surface area contributed by atoms with Gasteiger partial charge in [0.1, 0.15) is 0 Å². The van der Waals surface area contributed by atoms with Crippen molar-refractivity contribution in [2.45, 2.75) is 32.9 Å². The van der Waals surface area contributed by atoms with Crippen LogP contribution in [0.3, 0.4) is 0 Å². The molecule has 2 N–H and O–H groups in total. The Hall–Kier alpha value is -1.06. The second-order valence-electron chi connectivity index (χ2n) is 6.02. The van der Waals surface area contributed by atoms with Gasteiger partial charge in [-0.3, -0.25) is 4.90 Å². The highest BCUT2D eigenvalue weighted by molar-refractivity contribution is 5.48. The predicted molar refractivity (Wildman–Crippen MR) is 77.9 cm³/mol. The number of nitrogens with zero attached hydrogens (tertiary/aromatic N) is 2. The average molecular weight is 247 g/mol. The minimum atomic E-state index is 0.287. The lowest BCUT2D eigenvalue weighted by Gasteiger charge is -2.43. The van der Waals surface area contributed by atoms with Crippen LogP contribution in [-0.2, 0) is 6.54 Å². The Labute approximate surface area is 111 Å². The van der Waals surface area contributed by atoms with Crippen LogP contribution in [0.25, 0.3) is 0 Å². The first-order valence-electron chi connectivity index (χ1n) is 6.80. The van der Waals surface area contributed by atoms with Crippen LogP contribution in [0.15, 0.2) is 24.3 Å². The van der Waals surface area contributed by atoms with Gasteiger partial charge in [-0.15, -0.1) is 0 Å². The van der Waals surface area contributed by atoms with Gasteiger partial charge in [-0.1, -0.05) is 12.1 Å². The molecule has 100 valence electrons. The molecule has 1 fully saturated rings. The molecule has 3 heteroatoms. The van der Waals surface area contributed by atoms with Crippen molar-refractivity contribution in [2.75, 3.05) is 31.1 Å². The van der Waals surface area contributed by atoms with E-state index in [1.165, 1.54) is 11.3 Å². The van der Waals surface area contributed by atoms with Gasteiger partial charge in [0, 0.05) is 44.0 Å². The van der Waals surface area contributed by atoms with E-state index < -0.39 is 0 Å². The molecule has 0 amide bonds. The monoisotopic (exact) mass is 247 g/mol. The highest BCUT2D eigenvalue weighted by Crippen LogP contribution is 2.21. The first-order valence-corrected chi connectivity index (χ1v) is 6.80. The van der Waals surface area contributed by atoms with Gasteiger partial charge < -0.3 is 10.6 Å². The Balaban J connectivity index is 1.96. The van der Waals surface area contributed by atoms with Crippen molar-refractivity contribution in [3.63, 3.8) is 0 Å². The van der Waals surface area contributed by atoms with Crippen molar-refractivity contribution in [3.8, 4) is 0 Å². The summed E-state index contributed by atoms with van der Waals surface area (Å²) >= 11 is 0. The van der Waals surface area contributed by atoms with E-state index >= 15 is 0 Å². The van der Waals surface area contributed by atoms with E-state index in [9.17, 15) is 0 Å². The fourth-order valence-corrected chi connectivity index (χ4v) is 2.48. The van der Waals surface area contributed by atoms with Crippen molar-refractivity contribution in [1.82, 2.24) is 4.90 Å². The van der Waals surface area contributed by atoms with Crippen LogP contribution in [0.2, 0.25) is 0 Å². The summed E-state index contributed by atoms with van der Waals surface area (Å²) in [5, 5.41) is 0. The fourth-order valence-electron chi connectivity index (χ4n) is 2.48. The summed E-state index contributed by atoms with van der Waals surface area (Å²) < 4.78 is 0. The van der Waals surface area contributed by atoms with Crippen LogP contribution in [0.1, 0.15) is 26.3 Å². The number of hydrogen-bond donors (Lipinski definition) is 1. The Kier molecular flexibility index (Phi) is 3.93. The maximum Gasteiger partial charge on any atom is 0.0367 e. The van der Waals surface area contributed by atoms with E-state index in [1.807, 2.05) is 0 Å². The molecule has 0 saturated carbocycles. The summed E-state index contributed by atoms with van der Waals surface area (Å²) in [7, 11) is 0. The smallest absolute Gasteiger partial charge is 0.0367 e. The van der Waals surface area contributed by atoms with Crippen molar-refractivity contribution in [3.05, 3.63) is 29.8 Å². The summed E-state index contributed by atoms with van der Waals surface area (Å²) in [4.78, 5) is 5.01. The highest BCUT2D eigenvalue weighted by atomic mass is 15.3. The zero-order valence-electron chi connectivity index (χ0n) is 11.8. The maximum absolute atomic E-state index is 5.62. The summed E-state index contributed by atoms with van der Waals surface area (Å²) in [5.41, 5.74) is 8.43. The van der Waals surface area contributed by atoms with Gasteiger partial charge >= 0.3 is 0 Å². The second kappa shape index (κ2) is 5.29. The number of hydrogen-bond acceptors (Lipinski definition) is 3. The van der Waals surface area contributed by atoms with Crippen LogP contribution in [0.4, 0.5) is 5.69 Å². The lowest BCUT2D eigenvalue weighted by Crippen LogP contribution is -2.53. The Morgan fingerprint density at radius 3 is 2.00 bits per heavy atom. The van der Waals surface area contributed by atoms with Crippen molar-refractivity contribution in [2.24, 2.45) is 5.73 Å². The molecule has 0 unspecified atom stereocenters. The van der Waals surface area contributed by atoms with Gasteiger partial charge in [0.25, 0.3) is 0 Å². The number of nitrogens with two attached hydrogens (primary N) is 1. The molecule has 1 aromatic carbocycles. The van der Waals surface area contributed by atoms with E-state index in [4.69, 9.17) is 5.73 Å². The molecule has 1 saturated heterocycles. The van der Waals surface area contributed by atoms with Gasteiger partial charge in [-0.25, -0.2) is 0 Å². The van der Waals surface area contributed by atoms with Gasteiger partial charge in [0.15, 0.2) is 0 Å². The lowest BCUT2D eigenvalue weighted by atomic mass is 10.0. The van der Waals surface area contributed by atoms with E-state index in [1.54, 1.807) is 0 Å². The normalized spacial score (nSPS) is 18.1. The Bertz CT molecular complexity index is 370. The summed E-state index contributed by atoms with van der Waals surface area (Å²) in [5.74, 6) is 0. The summed E-state index contributed by atoms with van der Waals surface area (Å²) in [6, 6.07) is 8.64. The van der Waals surface area contributed by atoms with Gasteiger partial charge in [-0.2, -0.15) is 0 Å². The topological polar surface area (TPSA) is 32.5 Å². The standard InChI is InChI=1S/C15H25N3/c1-15(2,3)18-10-8-17(9-11-18)14-6-4-13(12-16)5-7-14/h4-7H,8-12,16H2,1-3H3. The third kappa shape index (κ3) is 3.03. The molecule has 0 radical (unpaired) electrons. The zero-order chi connectivity index (χ0) is 13.2. The molecule has 0 bridgehead atoms. The van der Waals surface area contributed by atoms with Crippen LogP contribution >= 0.6 is 0 Å². The quantitative estimate of drug-likeness (QED) is 0.868. The predicted octanol–water partition coefficient (Wildman–Crippen LogP) is 2.07. The number of anilines is 1. The summed E-state index contributed by atoms with van der Waals surface area (Å²) in [6.07, 6.45) is 0. The van der Waals surface area contributed by atoms with E-state index in [0.29, 0.717) is 6.54 Å². The minimum absolute atomic E-state index is 0.287. The van der Waals surface area contributed by atoms with Crippen molar-refractivity contribution < 1.29 is 0 Å². The molecule has 1 aliphatic heterocycles. The molecule has 0 atom stereocenters. The number of benzene rings is 1. The highest BCUT2D eigenvalue weighted by Gasteiger charge is 2.25. The lowest BCUT2D eigenvalue weighted by molar-refractivity contribution is 0.128.